The molecule has 2 aromatic carbocycles. The van der Waals surface area contributed by atoms with E-state index in [2.05, 4.69) is 15.6 Å². The molecule has 7 heteroatoms. The first kappa shape index (κ1) is 19.1. The lowest BCUT2D eigenvalue weighted by Gasteiger charge is -2.14. The highest BCUT2D eigenvalue weighted by atomic mass is 32.1. The van der Waals surface area contributed by atoms with E-state index < -0.39 is 0 Å². The summed E-state index contributed by atoms with van der Waals surface area (Å²) in [7, 11) is 1.58. The van der Waals surface area contributed by atoms with E-state index >= 15 is 0 Å². The van der Waals surface area contributed by atoms with E-state index in [4.69, 9.17) is 4.74 Å². The highest BCUT2D eigenvalue weighted by molar-refractivity contribution is 7.16. The third kappa shape index (κ3) is 4.00. The van der Waals surface area contributed by atoms with Gasteiger partial charge in [-0.25, -0.2) is 4.98 Å². The van der Waals surface area contributed by atoms with Crippen LogP contribution in [0.4, 0.5) is 10.8 Å². The standard InChI is InChI=1S/C22H21N3O3S/c1-13-8-10-17(28-2)16(12-13)23-21(27)15-9-11-18-19(15)24-22(29-18)25-20(26)14-6-4-3-5-7-14/h3-8,10,12,15H,9,11H2,1-2H3,(H,23,27)(H,24,25,26). The fraction of sp³-hybridized carbons (Fsp3) is 0.227. The molecule has 6 nitrogen and oxygen atoms in total. The number of nitrogens with zero attached hydrogens (tertiary/aromatic N) is 1. The van der Waals surface area contributed by atoms with Crippen LogP contribution in [-0.2, 0) is 11.2 Å². The number of carbonyl (C=O) groups excluding carboxylic acids is 2. The van der Waals surface area contributed by atoms with Crippen molar-refractivity contribution in [3.8, 4) is 5.75 Å². The van der Waals surface area contributed by atoms with Gasteiger partial charge >= 0.3 is 0 Å². The van der Waals surface area contributed by atoms with Gasteiger partial charge in [0.25, 0.3) is 5.91 Å². The molecule has 1 heterocycles. The SMILES string of the molecule is COc1ccc(C)cc1NC(=O)C1CCc2sc(NC(=O)c3ccccc3)nc21. The van der Waals surface area contributed by atoms with Crippen molar-refractivity contribution >= 4 is 34.0 Å². The van der Waals surface area contributed by atoms with Crippen LogP contribution in [0.5, 0.6) is 5.75 Å². The van der Waals surface area contributed by atoms with Gasteiger partial charge in [0.1, 0.15) is 5.75 Å². The highest BCUT2D eigenvalue weighted by Gasteiger charge is 2.33. The summed E-state index contributed by atoms with van der Waals surface area (Å²) in [5, 5.41) is 6.34. The number of nitrogens with one attached hydrogen (secondary N) is 2. The Bertz CT molecular complexity index is 1060. The molecular weight excluding hydrogens is 386 g/mol. The Labute approximate surface area is 172 Å². The smallest absolute Gasteiger partial charge is 0.257 e. The molecule has 0 radical (unpaired) electrons. The number of carbonyl (C=O) groups is 2. The van der Waals surface area contributed by atoms with E-state index in [1.807, 2.05) is 43.3 Å². The predicted octanol–water partition coefficient (Wildman–Crippen LogP) is 4.38. The Hall–Kier alpha value is -3.19. The summed E-state index contributed by atoms with van der Waals surface area (Å²) in [6.45, 7) is 1.96. The molecule has 0 saturated carbocycles. The van der Waals surface area contributed by atoms with Gasteiger partial charge in [-0.15, -0.1) is 11.3 Å². The average Bonchev–Trinajstić information content (AvgIpc) is 3.29. The molecule has 1 atom stereocenters. The van der Waals surface area contributed by atoms with Gasteiger partial charge in [-0.1, -0.05) is 24.3 Å². The molecule has 4 rings (SSSR count). The number of aromatic nitrogens is 1. The molecule has 2 amide bonds. The van der Waals surface area contributed by atoms with Gasteiger partial charge in [-0.2, -0.15) is 0 Å². The molecule has 148 valence electrons. The first-order chi connectivity index (χ1) is 14.0. The van der Waals surface area contributed by atoms with Crippen LogP contribution in [0.25, 0.3) is 0 Å². The molecule has 0 saturated heterocycles. The number of benzene rings is 2. The molecular formula is C22H21N3O3S. The lowest BCUT2D eigenvalue weighted by atomic mass is 10.1. The lowest BCUT2D eigenvalue weighted by Crippen LogP contribution is -2.20. The lowest BCUT2D eigenvalue weighted by molar-refractivity contribution is -0.117. The molecule has 0 bridgehead atoms. The fourth-order valence-electron chi connectivity index (χ4n) is 3.43. The van der Waals surface area contributed by atoms with Crippen molar-refractivity contribution in [3.05, 3.63) is 70.2 Å². The second-order valence-corrected chi connectivity index (χ2v) is 8.02. The van der Waals surface area contributed by atoms with E-state index in [1.54, 1.807) is 19.2 Å². The maximum atomic E-state index is 12.9. The summed E-state index contributed by atoms with van der Waals surface area (Å²) in [4.78, 5) is 30.9. The van der Waals surface area contributed by atoms with Crippen LogP contribution in [-0.4, -0.2) is 23.9 Å². The van der Waals surface area contributed by atoms with Crippen molar-refractivity contribution in [2.24, 2.45) is 0 Å². The van der Waals surface area contributed by atoms with E-state index in [-0.39, 0.29) is 17.7 Å². The molecule has 0 spiro atoms. The number of ether oxygens (including phenoxy) is 1. The normalized spacial score (nSPS) is 14.9. The van der Waals surface area contributed by atoms with Gasteiger partial charge in [0.2, 0.25) is 5.91 Å². The fourth-order valence-corrected chi connectivity index (χ4v) is 4.47. The Kier molecular flexibility index (Phi) is 5.31. The van der Waals surface area contributed by atoms with Gasteiger partial charge in [-0.05, 0) is 49.6 Å². The zero-order valence-corrected chi connectivity index (χ0v) is 17.0. The molecule has 3 aromatic rings. The van der Waals surface area contributed by atoms with Crippen LogP contribution >= 0.6 is 11.3 Å². The van der Waals surface area contributed by atoms with Crippen LogP contribution in [0.2, 0.25) is 0 Å². The van der Waals surface area contributed by atoms with Crippen LogP contribution < -0.4 is 15.4 Å². The number of anilines is 2. The van der Waals surface area contributed by atoms with Crippen molar-refractivity contribution < 1.29 is 14.3 Å². The van der Waals surface area contributed by atoms with Crippen molar-refractivity contribution in [1.82, 2.24) is 4.98 Å². The number of hydrogen-bond acceptors (Lipinski definition) is 5. The first-order valence-corrected chi connectivity index (χ1v) is 10.2. The number of aryl methyl sites for hydroxylation is 2. The van der Waals surface area contributed by atoms with E-state index in [1.165, 1.54) is 11.3 Å². The summed E-state index contributed by atoms with van der Waals surface area (Å²) in [6.07, 6.45) is 1.48. The summed E-state index contributed by atoms with van der Waals surface area (Å²) in [5.74, 6) is -0.0347. The largest absolute Gasteiger partial charge is 0.495 e. The summed E-state index contributed by atoms with van der Waals surface area (Å²) in [5.41, 5.74) is 3.01. The molecule has 1 aliphatic carbocycles. The average molecular weight is 407 g/mol. The van der Waals surface area contributed by atoms with Crippen molar-refractivity contribution in [1.29, 1.82) is 0 Å². The molecule has 2 N–H and O–H groups in total. The third-order valence-corrected chi connectivity index (χ3v) is 5.95. The van der Waals surface area contributed by atoms with Crippen molar-refractivity contribution in [2.45, 2.75) is 25.7 Å². The number of amides is 2. The molecule has 1 aromatic heterocycles. The molecule has 1 aliphatic rings. The zero-order valence-electron chi connectivity index (χ0n) is 16.2. The maximum absolute atomic E-state index is 12.9. The number of thiazole rings is 1. The van der Waals surface area contributed by atoms with Gasteiger partial charge in [0.05, 0.1) is 24.4 Å². The summed E-state index contributed by atoms with van der Waals surface area (Å²) < 4.78 is 5.35. The summed E-state index contributed by atoms with van der Waals surface area (Å²) in [6, 6.07) is 14.7. The number of rotatable bonds is 5. The van der Waals surface area contributed by atoms with Crippen LogP contribution in [0.3, 0.4) is 0 Å². The molecule has 0 aliphatic heterocycles. The minimum atomic E-state index is -0.339. The second kappa shape index (κ2) is 8.05. The third-order valence-electron chi connectivity index (χ3n) is 4.90. The maximum Gasteiger partial charge on any atom is 0.257 e. The molecule has 0 fully saturated rings. The minimum Gasteiger partial charge on any atom is -0.495 e. The summed E-state index contributed by atoms with van der Waals surface area (Å²) >= 11 is 1.43. The van der Waals surface area contributed by atoms with Crippen molar-refractivity contribution in [3.63, 3.8) is 0 Å². The van der Waals surface area contributed by atoms with Gasteiger partial charge in [0.15, 0.2) is 5.13 Å². The molecule has 1 unspecified atom stereocenters. The first-order valence-electron chi connectivity index (χ1n) is 9.36. The number of fused-ring (bicyclic) bond motifs is 1. The zero-order chi connectivity index (χ0) is 20.4. The van der Waals surface area contributed by atoms with Gasteiger partial charge < -0.3 is 10.1 Å². The Morgan fingerprint density at radius 1 is 1.14 bits per heavy atom. The van der Waals surface area contributed by atoms with E-state index in [0.717, 1.165) is 22.6 Å². The van der Waals surface area contributed by atoms with Gasteiger partial charge in [-0.3, -0.25) is 14.9 Å². The van der Waals surface area contributed by atoms with Crippen LogP contribution in [0, 0.1) is 6.92 Å². The second-order valence-electron chi connectivity index (χ2n) is 6.93. The van der Waals surface area contributed by atoms with Crippen LogP contribution in [0.1, 0.15) is 38.8 Å². The predicted molar refractivity (Wildman–Crippen MR) is 114 cm³/mol. The highest BCUT2D eigenvalue weighted by Crippen LogP contribution is 2.39. The quantitative estimate of drug-likeness (QED) is 0.658. The monoisotopic (exact) mass is 407 g/mol. The number of hydrogen-bond donors (Lipinski definition) is 2. The minimum absolute atomic E-state index is 0.112. The number of methoxy groups -OCH3 is 1. The van der Waals surface area contributed by atoms with E-state index in [9.17, 15) is 9.59 Å². The van der Waals surface area contributed by atoms with Gasteiger partial charge in [0, 0.05) is 10.4 Å². The Morgan fingerprint density at radius 2 is 1.93 bits per heavy atom. The van der Waals surface area contributed by atoms with Crippen LogP contribution in [0.15, 0.2) is 48.5 Å². The topological polar surface area (TPSA) is 80.3 Å². The molecule has 29 heavy (non-hydrogen) atoms. The van der Waals surface area contributed by atoms with Crippen molar-refractivity contribution in [2.75, 3.05) is 17.7 Å². The Balaban J connectivity index is 1.49. The van der Waals surface area contributed by atoms with E-state index in [0.29, 0.717) is 28.6 Å². The Morgan fingerprint density at radius 3 is 2.69 bits per heavy atom.